The van der Waals surface area contributed by atoms with Crippen molar-refractivity contribution in [3.63, 3.8) is 0 Å². The Balaban J connectivity index is 3.28. The molecule has 0 aliphatic carbocycles. The Morgan fingerprint density at radius 3 is 2.08 bits per heavy atom. The van der Waals surface area contributed by atoms with Crippen molar-refractivity contribution in [2.45, 2.75) is 20.0 Å². The van der Waals surface area contributed by atoms with Crippen LogP contribution in [0.15, 0.2) is 0 Å². The maximum absolute atomic E-state index is 12.4. The van der Waals surface area contributed by atoms with Crippen molar-refractivity contribution in [1.29, 1.82) is 0 Å². The van der Waals surface area contributed by atoms with Crippen molar-refractivity contribution in [1.82, 2.24) is 10.6 Å². The molecule has 0 radical (unpaired) electrons. The number of benzene rings is 1. The number of amides is 2. The Bertz CT molecular complexity index is 636. The normalized spacial score (nSPS) is 11.9. The predicted octanol–water partition coefficient (Wildman–Crippen LogP) is -0.705. The molecule has 134 valence electrons. The van der Waals surface area contributed by atoms with E-state index in [4.69, 9.17) is 15.9 Å². The third-order valence-electron chi connectivity index (χ3n) is 3.56. The first-order valence-corrected chi connectivity index (χ1v) is 8.38. The van der Waals surface area contributed by atoms with Crippen LogP contribution in [-0.2, 0) is 0 Å². The molecule has 1 aromatic rings. The van der Waals surface area contributed by atoms with E-state index in [9.17, 15) is 14.7 Å². The van der Waals surface area contributed by atoms with Gasteiger partial charge in [-0.1, -0.05) is 0 Å². The molecule has 0 fully saturated rings. The maximum Gasteiger partial charge on any atom is 0.252 e. The van der Waals surface area contributed by atoms with E-state index < -0.39 is 24.5 Å². The number of nitrogens with two attached hydrogens (primary N) is 1. The van der Waals surface area contributed by atoms with E-state index in [0.29, 0.717) is 20.4 Å². The summed E-state index contributed by atoms with van der Waals surface area (Å²) in [5.74, 6) is -0.922. The Kier molecular flexibility index (Phi) is 7.87. The molecule has 0 aromatic heterocycles. The molecule has 0 aliphatic rings. The SMILES string of the molecule is Cc1c(N)c(C)c(C(=O)NCC(O)CO)c(I)c1C(=O)NCCO. The highest BCUT2D eigenvalue weighted by Crippen LogP contribution is 2.30. The van der Waals surface area contributed by atoms with Crippen molar-refractivity contribution in [3.8, 4) is 0 Å². The van der Waals surface area contributed by atoms with Gasteiger partial charge in [-0.15, -0.1) is 0 Å². The van der Waals surface area contributed by atoms with Gasteiger partial charge in [-0.3, -0.25) is 9.59 Å². The zero-order valence-corrected chi connectivity index (χ0v) is 15.7. The van der Waals surface area contributed by atoms with Crippen LogP contribution in [0, 0.1) is 17.4 Å². The Morgan fingerprint density at radius 1 is 1.12 bits per heavy atom. The number of hydrogen-bond acceptors (Lipinski definition) is 6. The van der Waals surface area contributed by atoms with Crippen LogP contribution in [-0.4, -0.2) is 59.5 Å². The summed E-state index contributed by atoms with van der Waals surface area (Å²) in [6.07, 6.45) is -1.07. The number of carbonyl (C=O) groups is 2. The van der Waals surface area contributed by atoms with Gasteiger partial charge in [0.1, 0.15) is 0 Å². The molecule has 7 N–H and O–H groups in total. The molecule has 1 unspecified atom stereocenters. The lowest BCUT2D eigenvalue weighted by Crippen LogP contribution is -2.35. The number of aliphatic hydroxyl groups excluding tert-OH is 3. The summed E-state index contributed by atoms with van der Waals surface area (Å²) in [5.41, 5.74) is 7.98. The van der Waals surface area contributed by atoms with Gasteiger partial charge in [-0.2, -0.15) is 0 Å². The van der Waals surface area contributed by atoms with Gasteiger partial charge in [0, 0.05) is 22.3 Å². The Morgan fingerprint density at radius 2 is 1.62 bits per heavy atom. The summed E-state index contributed by atoms with van der Waals surface area (Å²) in [6.45, 7) is 2.67. The number of anilines is 1. The predicted molar refractivity (Wildman–Crippen MR) is 97.9 cm³/mol. The topological polar surface area (TPSA) is 145 Å². The van der Waals surface area contributed by atoms with Crippen molar-refractivity contribution < 1.29 is 24.9 Å². The van der Waals surface area contributed by atoms with Crippen molar-refractivity contribution >= 4 is 40.1 Å². The highest BCUT2D eigenvalue weighted by molar-refractivity contribution is 14.1. The quantitative estimate of drug-likeness (QED) is 0.239. The molecular formula is C15H22IN3O5. The van der Waals surface area contributed by atoms with E-state index in [0.717, 1.165) is 0 Å². The molecule has 0 saturated carbocycles. The average molecular weight is 451 g/mol. The number of hydrogen-bond donors (Lipinski definition) is 6. The first-order chi connectivity index (χ1) is 11.3. The van der Waals surface area contributed by atoms with E-state index in [1.807, 2.05) is 22.6 Å². The summed E-state index contributed by atoms with van der Waals surface area (Å²) in [4.78, 5) is 24.7. The molecule has 8 nitrogen and oxygen atoms in total. The fourth-order valence-corrected chi connectivity index (χ4v) is 3.46. The minimum absolute atomic E-state index is 0.0896. The molecule has 2 amide bonds. The Labute approximate surface area is 153 Å². The molecule has 1 rings (SSSR count). The molecule has 1 aromatic carbocycles. The van der Waals surface area contributed by atoms with Crippen molar-refractivity contribution in [3.05, 3.63) is 25.8 Å². The maximum atomic E-state index is 12.4. The minimum atomic E-state index is -1.07. The number of carbonyl (C=O) groups excluding carboxylic acids is 2. The van der Waals surface area contributed by atoms with E-state index in [-0.39, 0.29) is 30.8 Å². The van der Waals surface area contributed by atoms with Gasteiger partial charge in [0.15, 0.2) is 0 Å². The number of nitrogens with one attached hydrogen (secondary N) is 2. The molecular weight excluding hydrogens is 429 g/mol. The first kappa shape index (κ1) is 20.6. The summed E-state index contributed by atoms with van der Waals surface area (Å²) < 4.78 is 0.434. The second-order valence-corrected chi connectivity index (χ2v) is 6.33. The number of aliphatic hydroxyl groups is 3. The number of halogens is 1. The van der Waals surface area contributed by atoms with E-state index >= 15 is 0 Å². The molecule has 24 heavy (non-hydrogen) atoms. The summed E-state index contributed by atoms with van der Waals surface area (Å²) in [6, 6.07) is 0. The van der Waals surface area contributed by atoms with Crippen LogP contribution >= 0.6 is 22.6 Å². The van der Waals surface area contributed by atoms with Crippen molar-refractivity contribution in [2.24, 2.45) is 0 Å². The van der Waals surface area contributed by atoms with Crippen LogP contribution in [0.1, 0.15) is 31.8 Å². The fraction of sp³-hybridized carbons (Fsp3) is 0.467. The van der Waals surface area contributed by atoms with Crippen molar-refractivity contribution in [2.75, 3.05) is 32.0 Å². The molecule has 0 spiro atoms. The van der Waals surface area contributed by atoms with Gasteiger partial charge in [0.2, 0.25) is 0 Å². The Hall–Kier alpha value is -1.43. The van der Waals surface area contributed by atoms with E-state index in [2.05, 4.69) is 10.6 Å². The van der Waals surface area contributed by atoms with Crippen LogP contribution in [0.5, 0.6) is 0 Å². The van der Waals surface area contributed by atoms with Gasteiger partial charge >= 0.3 is 0 Å². The average Bonchev–Trinajstić information content (AvgIpc) is 2.55. The number of nitrogen functional groups attached to an aromatic ring is 1. The second-order valence-electron chi connectivity index (χ2n) is 5.25. The van der Waals surface area contributed by atoms with Gasteiger partial charge in [0.25, 0.3) is 11.8 Å². The molecule has 0 bridgehead atoms. The van der Waals surface area contributed by atoms with Crippen LogP contribution in [0.4, 0.5) is 5.69 Å². The second kappa shape index (κ2) is 9.16. The number of rotatable bonds is 7. The summed E-state index contributed by atoms with van der Waals surface area (Å²) in [7, 11) is 0. The zero-order valence-electron chi connectivity index (χ0n) is 13.5. The summed E-state index contributed by atoms with van der Waals surface area (Å²) in [5, 5.41) is 32.1. The third kappa shape index (κ3) is 4.56. The van der Waals surface area contributed by atoms with Gasteiger partial charge in [0.05, 0.1) is 30.4 Å². The molecule has 1 atom stereocenters. The van der Waals surface area contributed by atoms with Crippen LogP contribution in [0.2, 0.25) is 0 Å². The first-order valence-electron chi connectivity index (χ1n) is 7.30. The lowest BCUT2D eigenvalue weighted by atomic mass is 9.96. The molecule has 0 saturated heterocycles. The van der Waals surface area contributed by atoms with Gasteiger partial charge in [-0.25, -0.2) is 0 Å². The van der Waals surface area contributed by atoms with Gasteiger partial charge < -0.3 is 31.7 Å². The molecule has 0 heterocycles. The largest absolute Gasteiger partial charge is 0.398 e. The van der Waals surface area contributed by atoms with Gasteiger partial charge in [-0.05, 0) is 47.6 Å². The van der Waals surface area contributed by atoms with Crippen LogP contribution in [0.25, 0.3) is 0 Å². The standard InChI is InChI=1S/C15H22IN3O5/c1-7-10(14(23)18-3-4-20)12(16)11(8(2)13(7)17)15(24)19-5-9(22)6-21/h9,20-22H,3-6,17H2,1-2H3,(H,18,23)(H,19,24). The smallest absolute Gasteiger partial charge is 0.252 e. The van der Waals surface area contributed by atoms with E-state index in [1.165, 1.54) is 0 Å². The van der Waals surface area contributed by atoms with Crippen LogP contribution < -0.4 is 16.4 Å². The third-order valence-corrected chi connectivity index (χ3v) is 4.64. The lowest BCUT2D eigenvalue weighted by Gasteiger charge is -2.19. The zero-order chi connectivity index (χ0) is 18.4. The lowest BCUT2D eigenvalue weighted by molar-refractivity contribution is 0.0801. The minimum Gasteiger partial charge on any atom is -0.398 e. The van der Waals surface area contributed by atoms with Crippen LogP contribution in [0.3, 0.4) is 0 Å². The monoisotopic (exact) mass is 451 g/mol. The van der Waals surface area contributed by atoms with E-state index in [1.54, 1.807) is 13.8 Å². The fourth-order valence-electron chi connectivity index (χ4n) is 2.17. The molecule has 9 heteroatoms. The highest BCUT2D eigenvalue weighted by atomic mass is 127. The molecule has 0 aliphatic heterocycles. The highest BCUT2D eigenvalue weighted by Gasteiger charge is 2.25. The summed E-state index contributed by atoms with van der Waals surface area (Å²) >= 11 is 1.91.